The third-order valence-corrected chi connectivity index (χ3v) is 6.37. The maximum atomic E-state index is 7.30. The Morgan fingerprint density at radius 1 is 0.686 bits per heavy atom. The summed E-state index contributed by atoms with van der Waals surface area (Å²) in [7, 11) is 4.88. The predicted octanol–water partition coefficient (Wildman–Crippen LogP) is 1.77. The number of piperidine rings is 2. The molecule has 35 heavy (non-hydrogen) atoms. The number of ether oxygens (including phenoxy) is 3. The fraction of sp³-hybridized carbons (Fsp3) is 0.739. The van der Waals surface area contributed by atoms with Gasteiger partial charge in [-0.3, -0.25) is 9.80 Å². The van der Waals surface area contributed by atoms with Crippen molar-refractivity contribution < 1.29 is 19.3 Å². The summed E-state index contributed by atoms with van der Waals surface area (Å²) in [5.41, 5.74) is 1.39. The molecule has 0 aromatic carbocycles. The van der Waals surface area contributed by atoms with Gasteiger partial charge < -0.3 is 29.1 Å². The molecule has 0 amide bonds. The zero-order valence-electron chi connectivity index (χ0n) is 22.1. The molecule has 2 aromatic heterocycles. The molecule has 0 saturated carbocycles. The van der Waals surface area contributed by atoms with Crippen LogP contribution in [0, 0.1) is 0 Å². The zero-order valence-corrected chi connectivity index (χ0v) is 21.1. The fourth-order valence-corrected chi connectivity index (χ4v) is 4.67. The molecule has 2 aliphatic rings. The first-order valence-electron chi connectivity index (χ1n) is 12.8. The first-order valence-corrected chi connectivity index (χ1v) is 12.3. The van der Waals surface area contributed by atoms with E-state index in [0.717, 1.165) is 63.5 Å². The van der Waals surface area contributed by atoms with Crippen molar-refractivity contribution in [2.24, 2.45) is 0 Å². The van der Waals surface area contributed by atoms with Gasteiger partial charge in [0.05, 0.1) is 0 Å². The number of fused-ring (bicyclic) bond motifs is 1. The minimum absolute atomic E-state index is 0.0216. The molecule has 12 nitrogen and oxygen atoms in total. The Balaban J connectivity index is 1.94. The number of hydrogen-bond donors (Lipinski definition) is 1. The van der Waals surface area contributed by atoms with Gasteiger partial charge in [0.15, 0.2) is 11.6 Å². The van der Waals surface area contributed by atoms with Crippen molar-refractivity contribution >= 4 is 34.6 Å². The third-order valence-electron chi connectivity index (χ3n) is 6.37. The molecule has 0 aliphatic carbocycles. The predicted molar refractivity (Wildman–Crippen MR) is 135 cm³/mol. The monoisotopic (exact) mass is 491 g/mol. The lowest BCUT2D eigenvalue weighted by atomic mass is 10.1. The number of hydrogen-bond acceptors (Lipinski definition) is 12. The van der Waals surface area contributed by atoms with Crippen LogP contribution in [0.1, 0.15) is 38.5 Å². The largest absolute Gasteiger partial charge is 0.376 e. The van der Waals surface area contributed by atoms with Crippen LogP contribution in [0.25, 0.3) is 11.0 Å². The van der Waals surface area contributed by atoms with Gasteiger partial charge in [-0.05, 0) is 38.5 Å². The summed E-state index contributed by atoms with van der Waals surface area (Å²) in [6, 6.07) is 0. The average molecular weight is 492 g/mol. The lowest BCUT2D eigenvalue weighted by molar-refractivity contribution is 0.139. The number of methoxy groups -OCH3 is 3. The van der Waals surface area contributed by atoms with Crippen molar-refractivity contribution in [3.05, 3.63) is 0 Å². The Bertz CT molecular complexity index is 886. The van der Waals surface area contributed by atoms with Gasteiger partial charge in [0.2, 0.25) is 13.3 Å². The SMILES string of the molecule is [2H]OCN(COC)c1nc(N2CCCCC2)c2nc(N(COC)COC)nc(N3CCCCC3)c2n1. The minimum atomic E-state index is -0.0216. The fourth-order valence-electron chi connectivity index (χ4n) is 4.67. The molecule has 12 heteroatoms. The van der Waals surface area contributed by atoms with Gasteiger partial charge in [-0.2, -0.15) is 9.97 Å². The molecule has 194 valence electrons. The summed E-state index contributed by atoms with van der Waals surface area (Å²) in [5, 5.41) is 4.69. The van der Waals surface area contributed by atoms with Crippen LogP contribution in [0.2, 0.25) is 0 Å². The average Bonchev–Trinajstić information content (AvgIpc) is 2.92. The van der Waals surface area contributed by atoms with Gasteiger partial charge in [-0.15, -0.1) is 0 Å². The van der Waals surface area contributed by atoms with Crippen LogP contribution in [0.5, 0.6) is 0 Å². The van der Waals surface area contributed by atoms with Gasteiger partial charge in [-0.1, -0.05) is 0 Å². The maximum Gasteiger partial charge on any atom is 0.231 e. The standard InChI is InChI=1S/C23H38N8O4/c1-33-15-30(14-32)22-24-18-19(20(26-22)28-10-6-4-7-11-28)25-23(31(16-34-2)17-35-3)27-21(18)29-12-8-5-9-13-29/h32H,4-17H2,1-3H3/i32D. The lowest BCUT2D eigenvalue weighted by Gasteiger charge is -2.32. The summed E-state index contributed by atoms with van der Waals surface area (Å²) < 4.78 is 23.5. The molecule has 1 N–H and O–H groups in total. The molecule has 0 atom stereocenters. The quantitative estimate of drug-likeness (QED) is 0.437. The normalized spacial score (nSPS) is 17.1. The second-order valence-electron chi connectivity index (χ2n) is 8.95. The van der Waals surface area contributed by atoms with E-state index in [2.05, 4.69) is 14.9 Å². The number of aromatic nitrogens is 4. The molecule has 0 spiro atoms. The Morgan fingerprint density at radius 3 is 1.54 bits per heavy atom. The lowest BCUT2D eigenvalue weighted by Crippen LogP contribution is -2.35. The van der Waals surface area contributed by atoms with E-state index in [-0.39, 0.29) is 13.5 Å². The van der Waals surface area contributed by atoms with Crippen molar-refractivity contribution in [3.63, 3.8) is 0 Å². The topological polar surface area (TPSA) is 112 Å². The van der Waals surface area contributed by atoms with Gasteiger partial charge in [-0.25, -0.2) is 9.97 Å². The Labute approximate surface area is 208 Å². The van der Waals surface area contributed by atoms with Crippen LogP contribution in [0.15, 0.2) is 0 Å². The zero-order chi connectivity index (χ0) is 25.3. The van der Waals surface area contributed by atoms with Gasteiger partial charge in [0, 0.05) is 47.5 Å². The van der Waals surface area contributed by atoms with Gasteiger partial charge >= 0.3 is 0 Å². The summed E-state index contributed by atoms with van der Waals surface area (Å²) in [5.74, 6) is 2.48. The highest BCUT2D eigenvalue weighted by Crippen LogP contribution is 2.34. The number of aliphatic hydroxyl groups excluding tert-OH is 1. The summed E-state index contributed by atoms with van der Waals surface area (Å²) in [6.07, 6.45) is 6.78. The first-order chi connectivity index (χ1) is 17.7. The van der Waals surface area contributed by atoms with Crippen LogP contribution in [-0.2, 0) is 14.2 Å². The Hall–Kier alpha value is -2.54. The minimum Gasteiger partial charge on any atom is -0.376 e. The molecule has 2 aliphatic heterocycles. The molecule has 0 bridgehead atoms. The van der Waals surface area contributed by atoms with Crippen molar-refractivity contribution in [2.75, 3.05) is 94.0 Å². The number of rotatable bonds is 12. The molecular weight excluding hydrogens is 452 g/mol. The Morgan fingerprint density at radius 2 is 1.11 bits per heavy atom. The molecule has 0 unspecified atom stereocenters. The number of aliphatic hydroxyl groups is 1. The van der Waals surface area contributed by atoms with E-state index in [1.54, 1.807) is 26.2 Å². The van der Waals surface area contributed by atoms with E-state index in [1.807, 2.05) is 4.90 Å². The van der Waals surface area contributed by atoms with Gasteiger partial charge in [0.1, 0.15) is 38.0 Å². The second-order valence-corrected chi connectivity index (χ2v) is 8.95. The van der Waals surface area contributed by atoms with E-state index in [1.165, 1.54) is 12.8 Å². The number of nitrogens with zero attached hydrogens (tertiary/aromatic N) is 8. The van der Waals surface area contributed by atoms with E-state index in [4.69, 9.17) is 35.6 Å². The Kier molecular flexibility index (Phi) is 8.58. The molecule has 2 fully saturated rings. The van der Waals surface area contributed by atoms with Crippen molar-refractivity contribution in [1.29, 1.82) is 1.43 Å². The third kappa shape index (κ3) is 5.83. The highest BCUT2D eigenvalue weighted by Gasteiger charge is 2.27. The van der Waals surface area contributed by atoms with E-state index < -0.39 is 0 Å². The van der Waals surface area contributed by atoms with Crippen LogP contribution in [0.4, 0.5) is 23.5 Å². The van der Waals surface area contributed by atoms with Crippen molar-refractivity contribution in [1.82, 2.24) is 19.9 Å². The summed E-state index contributed by atoms with van der Waals surface area (Å²) in [4.78, 5) is 28.0. The second kappa shape index (κ2) is 12.4. The molecule has 2 aromatic rings. The van der Waals surface area contributed by atoms with Crippen LogP contribution in [-0.4, -0.2) is 101 Å². The van der Waals surface area contributed by atoms with Crippen LogP contribution >= 0.6 is 0 Å². The van der Waals surface area contributed by atoms with Gasteiger partial charge in [0.25, 0.3) is 0 Å². The van der Waals surface area contributed by atoms with E-state index in [0.29, 0.717) is 36.4 Å². The molecule has 2 saturated heterocycles. The molecule has 0 radical (unpaired) electrons. The highest BCUT2D eigenvalue weighted by molar-refractivity contribution is 5.95. The maximum absolute atomic E-state index is 7.30. The number of anilines is 4. The van der Waals surface area contributed by atoms with E-state index in [9.17, 15) is 0 Å². The van der Waals surface area contributed by atoms with Crippen LogP contribution < -0.4 is 19.6 Å². The van der Waals surface area contributed by atoms with E-state index >= 15 is 0 Å². The highest BCUT2D eigenvalue weighted by atomic mass is 16.5. The van der Waals surface area contributed by atoms with Crippen molar-refractivity contribution in [3.8, 4) is 0 Å². The smallest absolute Gasteiger partial charge is 0.231 e. The molecule has 4 rings (SSSR count). The molecular formula is C23H38N8O4. The molecule has 4 heterocycles. The summed E-state index contributed by atoms with van der Waals surface area (Å²) >= 11 is 0. The van der Waals surface area contributed by atoms with Crippen molar-refractivity contribution in [2.45, 2.75) is 38.5 Å². The summed E-state index contributed by atoms with van der Waals surface area (Å²) in [6.45, 7) is 4.33. The first kappa shape index (κ1) is 24.2. The van der Waals surface area contributed by atoms with Crippen LogP contribution in [0.3, 0.4) is 0 Å².